The Labute approximate surface area is 92.1 Å². The van der Waals surface area contributed by atoms with Gasteiger partial charge in [-0.25, -0.2) is 4.39 Å². The van der Waals surface area contributed by atoms with Gasteiger partial charge in [-0.1, -0.05) is 0 Å². The number of phenolic OH excluding ortho intramolecular Hbond substituents is 1. The molecule has 0 aliphatic rings. The van der Waals surface area contributed by atoms with E-state index in [1.807, 2.05) is 0 Å². The Kier molecular flexibility index (Phi) is 3.91. The molecule has 1 aromatic carbocycles. The van der Waals surface area contributed by atoms with Crippen LogP contribution in [0.25, 0.3) is 0 Å². The maximum atomic E-state index is 12.8. The van der Waals surface area contributed by atoms with Crippen molar-refractivity contribution in [1.29, 1.82) is 0 Å². The summed E-state index contributed by atoms with van der Waals surface area (Å²) >= 11 is 5.47. The zero-order valence-corrected chi connectivity index (χ0v) is 8.96. The molecule has 1 rings (SSSR count). The Morgan fingerprint density at radius 2 is 2.27 bits per heavy atom. The molecule has 3 nitrogen and oxygen atoms in total. The molecule has 5 heteroatoms. The van der Waals surface area contributed by atoms with E-state index in [2.05, 4.69) is 0 Å². The van der Waals surface area contributed by atoms with Gasteiger partial charge in [0.15, 0.2) is 0 Å². The van der Waals surface area contributed by atoms with Crippen LogP contribution in [0.2, 0.25) is 0 Å². The smallest absolute Gasteiger partial charge is 0.257 e. The van der Waals surface area contributed by atoms with Crippen molar-refractivity contribution in [3.05, 3.63) is 29.6 Å². The third kappa shape index (κ3) is 2.83. The molecule has 0 saturated carbocycles. The number of alkyl halides is 1. The molecule has 82 valence electrons. The van der Waals surface area contributed by atoms with Crippen LogP contribution in [0.15, 0.2) is 18.2 Å². The fourth-order valence-corrected chi connectivity index (χ4v) is 1.37. The van der Waals surface area contributed by atoms with Crippen LogP contribution in [0.5, 0.6) is 5.75 Å². The lowest BCUT2D eigenvalue weighted by Gasteiger charge is -2.16. The first kappa shape index (κ1) is 11.8. The molecule has 15 heavy (non-hydrogen) atoms. The highest BCUT2D eigenvalue weighted by molar-refractivity contribution is 6.18. The minimum Gasteiger partial charge on any atom is -0.507 e. The first-order valence-corrected chi connectivity index (χ1v) is 4.89. The second kappa shape index (κ2) is 4.98. The SMILES string of the molecule is CN(CCCl)C(=O)c1cc(F)ccc1O. The number of rotatable bonds is 3. The molecule has 1 aromatic rings. The van der Waals surface area contributed by atoms with Crippen molar-refractivity contribution in [2.45, 2.75) is 0 Å². The Morgan fingerprint density at radius 1 is 1.60 bits per heavy atom. The predicted molar refractivity (Wildman–Crippen MR) is 55.7 cm³/mol. The summed E-state index contributed by atoms with van der Waals surface area (Å²) < 4.78 is 12.8. The maximum Gasteiger partial charge on any atom is 0.257 e. The average molecular weight is 232 g/mol. The van der Waals surface area contributed by atoms with Crippen molar-refractivity contribution < 1.29 is 14.3 Å². The molecule has 0 fully saturated rings. The van der Waals surface area contributed by atoms with E-state index in [-0.39, 0.29) is 17.2 Å². The van der Waals surface area contributed by atoms with Gasteiger partial charge in [-0.2, -0.15) is 0 Å². The quantitative estimate of drug-likeness (QED) is 0.807. The number of benzene rings is 1. The minimum absolute atomic E-state index is 0.0531. The molecule has 0 atom stereocenters. The van der Waals surface area contributed by atoms with E-state index in [9.17, 15) is 14.3 Å². The van der Waals surface area contributed by atoms with Gasteiger partial charge in [0.25, 0.3) is 5.91 Å². The lowest BCUT2D eigenvalue weighted by molar-refractivity contribution is 0.0800. The summed E-state index contributed by atoms with van der Waals surface area (Å²) in [6.45, 7) is 0.344. The molecule has 0 radical (unpaired) electrons. The van der Waals surface area contributed by atoms with E-state index in [1.165, 1.54) is 11.9 Å². The third-order valence-corrected chi connectivity index (χ3v) is 2.12. The molecule has 0 aromatic heterocycles. The number of halogens is 2. The van der Waals surface area contributed by atoms with Crippen molar-refractivity contribution in [3.63, 3.8) is 0 Å². The predicted octanol–water partition coefficient (Wildman–Crippen LogP) is 1.84. The topological polar surface area (TPSA) is 40.5 Å². The van der Waals surface area contributed by atoms with E-state index in [0.29, 0.717) is 6.54 Å². The van der Waals surface area contributed by atoms with Crippen molar-refractivity contribution in [3.8, 4) is 5.75 Å². The van der Waals surface area contributed by atoms with Gasteiger partial charge >= 0.3 is 0 Å². The zero-order valence-electron chi connectivity index (χ0n) is 8.20. The number of phenols is 1. The number of carbonyl (C=O) groups excluding carboxylic acids is 1. The second-order valence-corrected chi connectivity index (χ2v) is 3.46. The van der Waals surface area contributed by atoms with E-state index in [0.717, 1.165) is 18.2 Å². The maximum absolute atomic E-state index is 12.8. The van der Waals surface area contributed by atoms with Gasteiger partial charge in [0, 0.05) is 19.5 Å². The number of hydrogen-bond donors (Lipinski definition) is 1. The molecule has 1 N–H and O–H groups in total. The molecule has 0 unspecified atom stereocenters. The molecule has 0 aliphatic carbocycles. The molecular weight excluding hydrogens is 221 g/mol. The van der Waals surface area contributed by atoms with E-state index in [1.54, 1.807) is 0 Å². The van der Waals surface area contributed by atoms with Crippen molar-refractivity contribution in [1.82, 2.24) is 4.90 Å². The van der Waals surface area contributed by atoms with Crippen molar-refractivity contribution in [2.75, 3.05) is 19.5 Å². The van der Waals surface area contributed by atoms with Gasteiger partial charge in [-0.3, -0.25) is 4.79 Å². The Bertz CT molecular complexity index is 370. The number of nitrogens with zero attached hydrogens (tertiary/aromatic N) is 1. The normalized spacial score (nSPS) is 10.1. The average Bonchev–Trinajstić information content (AvgIpc) is 2.21. The Balaban J connectivity index is 2.95. The molecular formula is C10H11ClFNO2. The second-order valence-electron chi connectivity index (χ2n) is 3.08. The van der Waals surface area contributed by atoms with Crippen LogP contribution in [0.3, 0.4) is 0 Å². The fourth-order valence-electron chi connectivity index (χ4n) is 1.11. The van der Waals surface area contributed by atoms with Crippen LogP contribution in [-0.4, -0.2) is 35.4 Å². The van der Waals surface area contributed by atoms with Gasteiger partial charge < -0.3 is 10.0 Å². The fraction of sp³-hybridized carbons (Fsp3) is 0.300. The Morgan fingerprint density at radius 3 is 2.87 bits per heavy atom. The zero-order chi connectivity index (χ0) is 11.4. The van der Waals surface area contributed by atoms with Crippen LogP contribution < -0.4 is 0 Å². The van der Waals surface area contributed by atoms with Crippen LogP contribution in [-0.2, 0) is 0 Å². The summed E-state index contributed by atoms with van der Waals surface area (Å²) in [7, 11) is 1.54. The molecule has 0 heterocycles. The summed E-state index contributed by atoms with van der Waals surface area (Å²) in [5, 5.41) is 9.38. The molecule has 0 aliphatic heterocycles. The van der Waals surface area contributed by atoms with Crippen LogP contribution in [0.4, 0.5) is 4.39 Å². The van der Waals surface area contributed by atoms with Gasteiger partial charge in [-0.15, -0.1) is 11.6 Å². The van der Waals surface area contributed by atoms with Crippen molar-refractivity contribution >= 4 is 17.5 Å². The molecule has 0 bridgehead atoms. The number of amides is 1. The van der Waals surface area contributed by atoms with E-state index >= 15 is 0 Å². The molecule has 0 saturated heterocycles. The van der Waals surface area contributed by atoms with Gasteiger partial charge in [0.05, 0.1) is 5.56 Å². The van der Waals surface area contributed by atoms with Crippen LogP contribution in [0.1, 0.15) is 10.4 Å². The summed E-state index contributed by atoms with van der Waals surface area (Å²) in [5.74, 6) is -0.955. The molecule has 1 amide bonds. The summed E-state index contributed by atoms with van der Waals surface area (Å²) in [6.07, 6.45) is 0. The van der Waals surface area contributed by atoms with E-state index < -0.39 is 11.7 Å². The summed E-state index contributed by atoms with van der Waals surface area (Å²) in [6, 6.07) is 3.24. The monoisotopic (exact) mass is 231 g/mol. The number of hydrogen-bond acceptors (Lipinski definition) is 2. The highest BCUT2D eigenvalue weighted by Crippen LogP contribution is 2.19. The summed E-state index contributed by atoms with van der Waals surface area (Å²) in [5.41, 5.74) is -0.0531. The van der Waals surface area contributed by atoms with Gasteiger partial charge in [-0.05, 0) is 18.2 Å². The third-order valence-electron chi connectivity index (χ3n) is 1.96. The lowest BCUT2D eigenvalue weighted by atomic mass is 10.1. The first-order valence-electron chi connectivity index (χ1n) is 4.36. The Hall–Kier alpha value is -1.29. The van der Waals surface area contributed by atoms with E-state index in [4.69, 9.17) is 11.6 Å². The minimum atomic E-state index is -0.560. The number of carbonyl (C=O) groups is 1. The van der Waals surface area contributed by atoms with Crippen LogP contribution >= 0.6 is 11.6 Å². The van der Waals surface area contributed by atoms with Crippen LogP contribution in [0, 0.1) is 5.82 Å². The van der Waals surface area contributed by atoms with Gasteiger partial charge in [0.2, 0.25) is 0 Å². The van der Waals surface area contributed by atoms with Crippen molar-refractivity contribution in [2.24, 2.45) is 0 Å². The first-order chi connectivity index (χ1) is 7.06. The van der Waals surface area contributed by atoms with Gasteiger partial charge in [0.1, 0.15) is 11.6 Å². The highest BCUT2D eigenvalue weighted by Gasteiger charge is 2.15. The number of aromatic hydroxyl groups is 1. The standard InChI is InChI=1S/C10H11ClFNO2/c1-13(5-4-11)10(15)8-6-7(12)2-3-9(8)14/h2-3,6,14H,4-5H2,1H3. The summed E-state index contributed by atoms with van der Waals surface area (Å²) in [4.78, 5) is 13.0. The largest absolute Gasteiger partial charge is 0.507 e. The molecule has 0 spiro atoms. The lowest BCUT2D eigenvalue weighted by Crippen LogP contribution is -2.28. The highest BCUT2D eigenvalue weighted by atomic mass is 35.5.